The third-order valence-electron chi connectivity index (χ3n) is 4.62. The molecule has 3 rings (SSSR count). The maximum Gasteiger partial charge on any atom is 0.0953 e. The largest absolute Gasteiger partial charge is 0.330 e. The molecule has 2 N–H and O–H groups in total. The van der Waals surface area contributed by atoms with Gasteiger partial charge < -0.3 is 10.3 Å². The van der Waals surface area contributed by atoms with Crippen LogP contribution in [0.5, 0.6) is 0 Å². The summed E-state index contributed by atoms with van der Waals surface area (Å²) in [5, 5.41) is 0. The highest BCUT2D eigenvalue weighted by Gasteiger charge is 2.27. The number of aryl methyl sites for hydroxylation is 1. The molecule has 1 aliphatic rings. The monoisotopic (exact) mass is 269 g/mol. The molecule has 0 amide bonds. The number of aromatic nitrogens is 2. The van der Waals surface area contributed by atoms with Gasteiger partial charge in [-0.15, -0.1) is 0 Å². The molecule has 1 heterocycles. The normalized spacial score (nSPS) is 22.9. The third kappa shape index (κ3) is 2.38. The standard InChI is InChI=1S/C17H23N3/c1-13-6-2-4-8-15(13)17-11-19-12-20(17)16-9-5-3-7-14(16)10-18/h2,4,6,8,11-12,14,16H,3,5,7,9-10,18H2,1H3. The van der Waals surface area contributed by atoms with Crippen molar-refractivity contribution in [3.05, 3.63) is 42.4 Å². The lowest BCUT2D eigenvalue weighted by Gasteiger charge is -2.33. The highest BCUT2D eigenvalue weighted by atomic mass is 15.1. The van der Waals surface area contributed by atoms with E-state index < -0.39 is 0 Å². The van der Waals surface area contributed by atoms with Crippen molar-refractivity contribution in [2.75, 3.05) is 6.54 Å². The highest BCUT2D eigenvalue weighted by molar-refractivity contribution is 5.63. The van der Waals surface area contributed by atoms with Crippen LogP contribution >= 0.6 is 0 Å². The molecule has 0 saturated heterocycles. The zero-order valence-corrected chi connectivity index (χ0v) is 12.1. The lowest BCUT2D eigenvalue weighted by Crippen LogP contribution is -2.29. The Balaban J connectivity index is 2.00. The van der Waals surface area contributed by atoms with Crippen molar-refractivity contribution in [1.29, 1.82) is 0 Å². The molecular weight excluding hydrogens is 246 g/mol. The summed E-state index contributed by atoms with van der Waals surface area (Å²) in [5.41, 5.74) is 9.80. The molecule has 20 heavy (non-hydrogen) atoms. The summed E-state index contributed by atoms with van der Waals surface area (Å²) >= 11 is 0. The molecule has 1 fully saturated rings. The van der Waals surface area contributed by atoms with Crippen LogP contribution < -0.4 is 5.73 Å². The number of hydrogen-bond acceptors (Lipinski definition) is 2. The maximum atomic E-state index is 5.98. The second-order valence-corrected chi connectivity index (χ2v) is 5.85. The van der Waals surface area contributed by atoms with E-state index in [2.05, 4.69) is 40.7 Å². The minimum atomic E-state index is 0.505. The highest BCUT2D eigenvalue weighted by Crippen LogP contribution is 2.36. The van der Waals surface area contributed by atoms with Gasteiger partial charge in [-0.25, -0.2) is 4.98 Å². The molecular formula is C17H23N3. The molecule has 1 aromatic heterocycles. The summed E-state index contributed by atoms with van der Waals surface area (Å²) in [7, 11) is 0. The number of rotatable bonds is 3. The maximum absolute atomic E-state index is 5.98. The van der Waals surface area contributed by atoms with E-state index in [0.717, 1.165) is 6.54 Å². The zero-order chi connectivity index (χ0) is 13.9. The second-order valence-electron chi connectivity index (χ2n) is 5.85. The van der Waals surface area contributed by atoms with Crippen LogP contribution in [0.25, 0.3) is 11.3 Å². The van der Waals surface area contributed by atoms with Crippen LogP contribution in [0, 0.1) is 12.8 Å². The van der Waals surface area contributed by atoms with Gasteiger partial charge in [0.15, 0.2) is 0 Å². The molecule has 3 heteroatoms. The Morgan fingerprint density at radius 1 is 1.25 bits per heavy atom. The summed E-state index contributed by atoms with van der Waals surface area (Å²) in [6.07, 6.45) is 9.05. The molecule has 1 aromatic carbocycles. The fourth-order valence-electron chi connectivity index (χ4n) is 3.47. The average molecular weight is 269 g/mol. The molecule has 3 nitrogen and oxygen atoms in total. The Morgan fingerprint density at radius 2 is 2.05 bits per heavy atom. The zero-order valence-electron chi connectivity index (χ0n) is 12.1. The number of nitrogens with two attached hydrogens (primary N) is 1. The van der Waals surface area contributed by atoms with Gasteiger partial charge in [0.2, 0.25) is 0 Å². The van der Waals surface area contributed by atoms with Crippen LogP contribution in [0.2, 0.25) is 0 Å². The minimum Gasteiger partial charge on any atom is -0.330 e. The van der Waals surface area contributed by atoms with Crippen molar-refractivity contribution in [2.24, 2.45) is 11.7 Å². The molecule has 2 aromatic rings. The molecule has 1 saturated carbocycles. The van der Waals surface area contributed by atoms with Gasteiger partial charge in [0.1, 0.15) is 0 Å². The van der Waals surface area contributed by atoms with Crippen LogP contribution in [0.15, 0.2) is 36.8 Å². The van der Waals surface area contributed by atoms with Gasteiger partial charge in [0.25, 0.3) is 0 Å². The minimum absolute atomic E-state index is 0.505. The van der Waals surface area contributed by atoms with Crippen molar-refractivity contribution in [2.45, 2.75) is 38.6 Å². The number of hydrogen-bond donors (Lipinski definition) is 1. The van der Waals surface area contributed by atoms with Gasteiger partial charge in [0.05, 0.1) is 18.2 Å². The van der Waals surface area contributed by atoms with Gasteiger partial charge in [-0.05, 0) is 37.8 Å². The fraction of sp³-hybridized carbons (Fsp3) is 0.471. The first-order valence-corrected chi connectivity index (χ1v) is 7.59. The fourth-order valence-corrected chi connectivity index (χ4v) is 3.47. The molecule has 106 valence electrons. The Bertz CT molecular complexity index is 573. The van der Waals surface area contributed by atoms with Gasteiger partial charge >= 0.3 is 0 Å². The SMILES string of the molecule is Cc1ccccc1-c1cncn1C1CCCCC1CN. The average Bonchev–Trinajstić information content (AvgIpc) is 2.96. The van der Waals surface area contributed by atoms with Crippen molar-refractivity contribution < 1.29 is 0 Å². The Labute approximate surface area is 120 Å². The van der Waals surface area contributed by atoms with E-state index in [9.17, 15) is 0 Å². The van der Waals surface area contributed by atoms with Crippen LogP contribution in [0.3, 0.4) is 0 Å². The van der Waals surface area contributed by atoms with Crippen LogP contribution in [0.1, 0.15) is 37.3 Å². The summed E-state index contributed by atoms with van der Waals surface area (Å²) in [4.78, 5) is 4.41. The van der Waals surface area contributed by atoms with Crippen LogP contribution in [-0.4, -0.2) is 16.1 Å². The molecule has 0 bridgehead atoms. The molecule has 0 aliphatic heterocycles. The van der Waals surface area contributed by atoms with Gasteiger partial charge in [-0.1, -0.05) is 37.1 Å². The quantitative estimate of drug-likeness (QED) is 0.926. The van der Waals surface area contributed by atoms with E-state index in [-0.39, 0.29) is 0 Å². The predicted octanol–water partition coefficient (Wildman–Crippen LogP) is 3.55. The van der Waals surface area contributed by atoms with Crippen molar-refractivity contribution >= 4 is 0 Å². The molecule has 0 spiro atoms. The number of nitrogens with zero attached hydrogens (tertiary/aromatic N) is 2. The Hall–Kier alpha value is -1.61. The third-order valence-corrected chi connectivity index (χ3v) is 4.62. The lowest BCUT2D eigenvalue weighted by atomic mass is 9.84. The topological polar surface area (TPSA) is 43.8 Å². The van der Waals surface area contributed by atoms with Crippen molar-refractivity contribution in [3.63, 3.8) is 0 Å². The molecule has 2 unspecified atom stereocenters. The van der Waals surface area contributed by atoms with Crippen LogP contribution in [0.4, 0.5) is 0 Å². The summed E-state index contributed by atoms with van der Waals surface area (Å²) in [6.45, 7) is 2.93. The second kappa shape index (κ2) is 5.80. The Morgan fingerprint density at radius 3 is 2.85 bits per heavy atom. The van der Waals surface area contributed by atoms with E-state index in [4.69, 9.17) is 5.73 Å². The Kier molecular flexibility index (Phi) is 3.88. The first-order valence-electron chi connectivity index (χ1n) is 7.59. The van der Waals surface area contributed by atoms with E-state index in [1.807, 2.05) is 12.5 Å². The first kappa shape index (κ1) is 13.4. The van der Waals surface area contributed by atoms with E-state index >= 15 is 0 Å². The van der Waals surface area contributed by atoms with E-state index in [1.54, 1.807) is 0 Å². The molecule has 2 atom stereocenters. The number of imidazole rings is 1. The molecule has 1 aliphatic carbocycles. The van der Waals surface area contributed by atoms with Gasteiger partial charge in [-0.3, -0.25) is 0 Å². The van der Waals surface area contributed by atoms with Crippen molar-refractivity contribution in [3.8, 4) is 11.3 Å². The van der Waals surface area contributed by atoms with Crippen molar-refractivity contribution in [1.82, 2.24) is 9.55 Å². The first-order chi connectivity index (χ1) is 9.81. The predicted molar refractivity (Wildman–Crippen MR) is 82.4 cm³/mol. The smallest absolute Gasteiger partial charge is 0.0953 e. The van der Waals surface area contributed by atoms with E-state index in [1.165, 1.54) is 42.5 Å². The summed E-state index contributed by atoms with van der Waals surface area (Å²) < 4.78 is 2.36. The lowest BCUT2D eigenvalue weighted by molar-refractivity contribution is 0.246. The summed E-state index contributed by atoms with van der Waals surface area (Å²) in [5.74, 6) is 0.584. The number of benzene rings is 1. The van der Waals surface area contributed by atoms with Gasteiger partial charge in [0, 0.05) is 11.6 Å². The van der Waals surface area contributed by atoms with E-state index in [0.29, 0.717) is 12.0 Å². The van der Waals surface area contributed by atoms with Gasteiger partial charge in [-0.2, -0.15) is 0 Å². The van der Waals surface area contributed by atoms with Crippen LogP contribution in [-0.2, 0) is 0 Å². The summed E-state index contributed by atoms with van der Waals surface area (Å²) in [6, 6.07) is 9.03. The molecule has 0 radical (unpaired) electrons.